The normalized spacial score (nSPS) is 26.9. The third kappa shape index (κ3) is 9.30. The van der Waals surface area contributed by atoms with Crippen LogP contribution in [-0.4, -0.2) is 61.8 Å². The first kappa shape index (κ1) is 29.9. The molecule has 1 aliphatic rings. The highest BCUT2D eigenvalue weighted by Crippen LogP contribution is 2.67. The van der Waals surface area contributed by atoms with Crippen LogP contribution >= 0.6 is 45.1 Å². The van der Waals surface area contributed by atoms with E-state index < -0.39 is 54.2 Å². The zero-order valence-corrected chi connectivity index (χ0v) is 22.2. The van der Waals surface area contributed by atoms with Crippen molar-refractivity contribution >= 4 is 50.9 Å². The molecule has 1 aromatic rings. The third-order valence-corrected chi connectivity index (χ3v) is 10.2. The van der Waals surface area contributed by atoms with Gasteiger partial charge in [-0.3, -0.25) is 13.6 Å². The topological polar surface area (TPSA) is 228 Å². The predicted molar refractivity (Wildman–Crippen MR) is 121 cm³/mol. The number of nitrogen functional groups attached to an aromatic ring is 1. The van der Waals surface area contributed by atoms with Crippen LogP contribution in [0.1, 0.15) is 19.6 Å². The molecule has 34 heavy (non-hydrogen) atoms. The first-order valence-corrected chi connectivity index (χ1v) is 16.2. The van der Waals surface area contributed by atoms with E-state index in [2.05, 4.69) is 18.1 Å². The fourth-order valence-electron chi connectivity index (χ4n) is 2.71. The largest absolute Gasteiger partial charge is 0.490 e. The lowest BCUT2D eigenvalue weighted by Gasteiger charge is -2.23. The molecule has 2 rings (SSSR count). The van der Waals surface area contributed by atoms with Crippen LogP contribution in [0.3, 0.4) is 0 Å². The molecule has 2 heterocycles. The number of phosphoric ester groups is 2. The summed E-state index contributed by atoms with van der Waals surface area (Å²) in [6.45, 7) is 1.07. The number of phosphoric acid groups is 3. The van der Waals surface area contributed by atoms with Gasteiger partial charge in [-0.1, -0.05) is 21.6 Å². The molecule has 0 bridgehead atoms. The molecule has 0 aliphatic carbocycles. The summed E-state index contributed by atoms with van der Waals surface area (Å²) in [5, 5.41) is 0. The molecule has 4 unspecified atom stereocenters. The second-order valence-corrected chi connectivity index (χ2v) is 14.0. The minimum atomic E-state index is -5.55. The predicted octanol–water partition coefficient (Wildman–Crippen LogP) is 1.85. The van der Waals surface area contributed by atoms with Gasteiger partial charge in [0.25, 0.3) is 0 Å². The average Bonchev–Trinajstić information content (AvgIpc) is 3.07. The number of hydrogen-bond donors (Lipinski definition) is 4. The number of ether oxygens (including phenoxy) is 2. The number of rotatable bonds is 13. The van der Waals surface area contributed by atoms with E-state index in [0.29, 0.717) is 7.11 Å². The highest BCUT2D eigenvalue weighted by molar-refractivity contribution is 8.76. The molecule has 21 heteroatoms. The minimum absolute atomic E-state index is 0.00634. The molecule has 5 N–H and O–H groups in total. The Balaban J connectivity index is 2.12. The van der Waals surface area contributed by atoms with Gasteiger partial charge in [-0.25, -0.2) is 18.5 Å². The highest BCUT2D eigenvalue weighted by atomic mass is 33.1. The Morgan fingerprint density at radius 2 is 1.91 bits per heavy atom. The lowest BCUT2D eigenvalue weighted by molar-refractivity contribution is -0.0633. The quantitative estimate of drug-likeness (QED) is 0.147. The maximum Gasteiger partial charge on any atom is 0.490 e. The van der Waals surface area contributed by atoms with Gasteiger partial charge in [-0.2, -0.15) is 13.6 Å². The first-order valence-electron chi connectivity index (χ1n) is 9.13. The molecule has 0 aromatic carbocycles. The number of nitrogens with two attached hydrogens (primary N) is 1. The van der Waals surface area contributed by atoms with Gasteiger partial charge >= 0.3 is 29.2 Å². The first-order chi connectivity index (χ1) is 15.7. The average molecular weight is 587 g/mol. The van der Waals surface area contributed by atoms with Crippen LogP contribution in [0.25, 0.3) is 0 Å². The van der Waals surface area contributed by atoms with Gasteiger partial charge in [-0.15, -0.1) is 0 Å². The zero-order chi connectivity index (χ0) is 25.7. The smallest absolute Gasteiger partial charge is 0.383 e. The molecule has 196 valence electrons. The van der Waals surface area contributed by atoms with E-state index in [0.717, 1.165) is 4.57 Å². The standard InChI is InChI=1S/C13H24N3O13P3S2/c1-8(34-33-3)26-9-6-12(16-5-4-11(14)15-13(16)17)27-10(9)7-25-31(20,21)29-32(22,23)28-30(18,19)24-2/h4-5,8-10,12H,6-7H2,1-3H3,(H,18,19)(H,20,21)(H,22,23)(H2,14,15,17)/t8-,9?,10+,12+/m0/s1. The Morgan fingerprint density at radius 1 is 1.26 bits per heavy atom. The van der Waals surface area contributed by atoms with Crippen LogP contribution in [-0.2, 0) is 40.8 Å². The van der Waals surface area contributed by atoms with Gasteiger partial charge < -0.3 is 29.9 Å². The van der Waals surface area contributed by atoms with Crippen LogP contribution in [0.2, 0.25) is 0 Å². The summed E-state index contributed by atoms with van der Waals surface area (Å²) in [6.07, 6.45) is 0.648. The summed E-state index contributed by atoms with van der Waals surface area (Å²) in [5.74, 6) is 0.00634. The van der Waals surface area contributed by atoms with Gasteiger partial charge in [0.05, 0.1) is 12.7 Å². The van der Waals surface area contributed by atoms with Crippen molar-refractivity contribution in [3.8, 4) is 0 Å². The van der Waals surface area contributed by atoms with Crippen molar-refractivity contribution in [2.24, 2.45) is 0 Å². The summed E-state index contributed by atoms with van der Waals surface area (Å²) in [4.78, 5) is 44.1. The fourth-order valence-corrected chi connectivity index (χ4v) is 7.39. The minimum Gasteiger partial charge on any atom is -0.383 e. The Kier molecular flexibility index (Phi) is 10.8. The molecule has 0 amide bonds. The van der Waals surface area contributed by atoms with E-state index in [4.69, 9.17) is 24.6 Å². The van der Waals surface area contributed by atoms with E-state index in [1.165, 1.54) is 33.9 Å². The van der Waals surface area contributed by atoms with E-state index in [1.807, 2.05) is 6.26 Å². The van der Waals surface area contributed by atoms with Crippen LogP contribution in [0.15, 0.2) is 17.1 Å². The Hall–Kier alpha value is -0.290. The summed E-state index contributed by atoms with van der Waals surface area (Å²) >= 11 is 0. The lowest BCUT2D eigenvalue weighted by Crippen LogP contribution is -2.31. The van der Waals surface area contributed by atoms with Gasteiger partial charge in [0.1, 0.15) is 23.6 Å². The molecular weight excluding hydrogens is 563 g/mol. The van der Waals surface area contributed by atoms with E-state index in [1.54, 1.807) is 6.92 Å². The van der Waals surface area contributed by atoms with E-state index in [9.17, 15) is 28.3 Å². The van der Waals surface area contributed by atoms with E-state index in [-0.39, 0.29) is 17.7 Å². The van der Waals surface area contributed by atoms with Crippen LogP contribution in [0.4, 0.5) is 5.82 Å². The van der Waals surface area contributed by atoms with Crippen LogP contribution in [0.5, 0.6) is 0 Å². The molecule has 1 saturated heterocycles. The van der Waals surface area contributed by atoms with E-state index >= 15 is 0 Å². The van der Waals surface area contributed by atoms with Crippen molar-refractivity contribution in [1.29, 1.82) is 0 Å². The van der Waals surface area contributed by atoms with Crippen LogP contribution < -0.4 is 11.4 Å². The van der Waals surface area contributed by atoms with Gasteiger partial charge in [0.15, 0.2) is 0 Å². The maximum atomic E-state index is 12.2. The zero-order valence-electron chi connectivity index (χ0n) is 17.9. The fraction of sp³-hybridized carbons (Fsp3) is 0.692. The van der Waals surface area contributed by atoms with Gasteiger partial charge in [0, 0.05) is 19.7 Å². The van der Waals surface area contributed by atoms with Crippen molar-refractivity contribution in [3.63, 3.8) is 0 Å². The van der Waals surface area contributed by atoms with Crippen molar-refractivity contribution in [2.75, 3.05) is 25.7 Å². The second kappa shape index (κ2) is 12.3. The molecular formula is C13H24N3O13P3S2. The van der Waals surface area contributed by atoms with Crippen molar-refractivity contribution in [3.05, 3.63) is 22.7 Å². The molecule has 1 aliphatic heterocycles. The van der Waals surface area contributed by atoms with Crippen molar-refractivity contribution in [1.82, 2.24) is 9.55 Å². The van der Waals surface area contributed by atoms with Crippen molar-refractivity contribution in [2.45, 2.75) is 37.2 Å². The SMILES string of the molecule is COP(=O)(O)OP(=O)(O)OP(=O)(O)OC[C@H]1O[C@@H](n2ccc(N)nc2=O)CC1O[C@H](C)SSC. The number of anilines is 1. The summed E-state index contributed by atoms with van der Waals surface area (Å²) in [6, 6.07) is 1.38. The number of aromatic nitrogens is 2. The van der Waals surface area contributed by atoms with Crippen LogP contribution in [0, 0.1) is 0 Å². The van der Waals surface area contributed by atoms with Crippen molar-refractivity contribution < 1.29 is 55.5 Å². The summed E-state index contributed by atoms with van der Waals surface area (Å²) < 4.78 is 64.4. The summed E-state index contributed by atoms with van der Waals surface area (Å²) in [7, 11) is -12.4. The Labute approximate surface area is 201 Å². The number of nitrogens with zero attached hydrogens (tertiary/aromatic N) is 2. The Morgan fingerprint density at radius 3 is 2.50 bits per heavy atom. The third-order valence-electron chi connectivity index (χ3n) is 3.99. The summed E-state index contributed by atoms with van der Waals surface area (Å²) in [5.41, 5.74) is 4.45. The molecule has 1 aromatic heterocycles. The number of hydrogen-bond acceptors (Lipinski definition) is 14. The molecule has 1 fully saturated rings. The maximum absolute atomic E-state index is 12.2. The molecule has 0 saturated carbocycles. The lowest BCUT2D eigenvalue weighted by atomic mass is 10.2. The Bertz CT molecular complexity index is 1040. The molecule has 16 nitrogen and oxygen atoms in total. The highest BCUT2D eigenvalue weighted by Gasteiger charge is 2.44. The van der Waals surface area contributed by atoms with Gasteiger partial charge in [0.2, 0.25) is 0 Å². The molecule has 7 atom stereocenters. The molecule has 0 spiro atoms. The second-order valence-electron chi connectivity index (χ2n) is 6.46. The monoisotopic (exact) mass is 587 g/mol. The molecule has 0 radical (unpaired) electrons. The van der Waals surface area contributed by atoms with Gasteiger partial charge in [-0.05, 0) is 19.2 Å².